The van der Waals surface area contributed by atoms with Crippen molar-refractivity contribution in [3.63, 3.8) is 0 Å². The fourth-order valence-electron chi connectivity index (χ4n) is 6.62. The van der Waals surface area contributed by atoms with Gasteiger partial charge in [0.05, 0.1) is 22.2 Å². The van der Waals surface area contributed by atoms with Crippen molar-refractivity contribution < 1.29 is 14.3 Å². The quantitative estimate of drug-likeness (QED) is 0.880. The number of benzene rings is 1. The summed E-state index contributed by atoms with van der Waals surface area (Å²) >= 11 is 0. The van der Waals surface area contributed by atoms with Crippen LogP contribution in [0.2, 0.25) is 0 Å². The first kappa shape index (κ1) is 18.1. The number of fused-ring (bicyclic) bond motifs is 1. The fourth-order valence-corrected chi connectivity index (χ4v) is 6.62. The average Bonchev–Trinajstić information content (AvgIpc) is 2.90. The van der Waals surface area contributed by atoms with Gasteiger partial charge in [-0.15, -0.1) is 0 Å². The number of nitrogens with zero attached hydrogens (tertiary/aromatic N) is 3. The highest BCUT2D eigenvalue weighted by Gasteiger charge is 2.59. The molecule has 150 valence electrons. The molecule has 4 fully saturated rings. The highest BCUT2D eigenvalue weighted by atomic mass is 19.1. The van der Waals surface area contributed by atoms with Gasteiger partial charge in [0.25, 0.3) is 0 Å². The van der Waals surface area contributed by atoms with E-state index < -0.39 is 5.60 Å². The molecule has 28 heavy (non-hydrogen) atoms. The third kappa shape index (κ3) is 2.60. The topological polar surface area (TPSA) is 58.4 Å². The standard InChI is InChI=1S/C22H28FN3O2/c1-13(20-19-16(23)5-4-6-17(19)25(3)24-20)7-18(27)26-14-8-21(2)9-15(26)11-22(28,10-14)12-21/h4-6,13-15,28H,7-12H2,1-3H3. The Kier molecular flexibility index (Phi) is 3.74. The zero-order valence-corrected chi connectivity index (χ0v) is 16.8. The van der Waals surface area contributed by atoms with Crippen molar-refractivity contribution in [3.8, 4) is 0 Å². The van der Waals surface area contributed by atoms with Gasteiger partial charge < -0.3 is 10.0 Å². The van der Waals surface area contributed by atoms with E-state index in [4.69, 9.17) is 0 Å². The summed E-state index contributed by atoms with van der Waals surface area (Å²) in [6, 6.07) is 5.25. The Labute approximate surface area is 164 Å². The van der Waals surface area contributed by atoms with Crippen LogP contribution in [0, 0.1) is 11.2 Å². The van der Waals surface area contributed by atoms with Crippen LogP contribution in [0.5, 0.6) is 0 Å². The Hall–Kier alpha value is -1.95. The Morgan fingerprint density at radius 3 is 2.64 bits per heavy atom. The number of piperidine rings is 2. The van der Waals surface area contributed by atoms with E-state index in [9.17, 15) is 14.3 Å². The Morgan fingerprint density at radius 2 is 2.00 bits per heavy atom. The molecule has 2 saturated carbocycles. The van der Waals surface area contributed by atoms with Gasteiger partial charge in [-0.3, -0.25) is 9.48 Å². The van der Waals surface area contributed by atoms with Gasteiger partial charge in [0.1, 0.15) is 5.82 Å². The molecule has 4 bridgehead atoms. The first-order valence-corrected chi connectivity index (χ1v) is 10.3. The third-order valence-electron chi connectivity index (χ3n) is 7.32. The molecule has 2 saturated heterocycles. The number of carbonyl (C=O) groups is 1. The molecule has 6 rings (SSSR count). The largest absolute Gasteiger partial charge is 0.390 e. The molecule has 5 nitrogen and oxygen atoms in total. The Morgan fingerprint density at radius 1 is 1.32 bits per heavy atom. The third-order valence-corrected chi connectivity index (χ3v) is 7.32. The number of amides is 1. The number of hydrogen-bond acceptors (Lipinski definition) is 3. The maximum absolute atomic E-state index is 14.5. The normalized spacial score (nSPS) is 35.0. The monoisotopic (exact) mass is 385 g/mol. The van der Waals surface area contributed by atoms with Crippen molar-refractivity contribution >= 4 is 16.8 Å². The first-order chi connectivity index (χ1) is 13.2. The zero-order chi connectivity index (χ0) is 19.8. The van der Waals surface area contributed by atoms with Crippen molar-refractivity contribution in [2.75, 3.05) is 0 Å². The molecule has 2 aromatic rings. The number of rotatable bonds is 3. The number of halogens is 1. The SMILES string of the molecule is CC(CC(=O)N1C2CC3(C)CC1CC(O)(C2)C3)c1nn(C)c2cccc(F)c12. The molecular formula is C22H28FN3O2. The van der Waals surface area contributed by atoms with Gasteiger partial charge in [0.15, 0.2) is 0 Å². The second-order valence-electron chi connectivity index (χ2n) is 9.88. The van der Waals surface area contributed by atoms with E-state index in [1.165, 1.54) is 6.07 Å². The highest BCUT2D eigenvalue weighted by Crippen LogP contribution is 2.57. The molecule has 1 N–H and O–H groups in total. The van der Waals surface area contributed by atoms with Gasteiger partial charge in [-0.25, -0.2) is 4.39 Å². The van der Waals surface area contributed by atoms with E-state index in [1.807, 2.05) is 24.9 Å². The lowest BCUT2D eigenvalue weighted by Gasteiger charge is -2.63. The maximum Gasteiger partial charge on any atom is 0.223 e. The van der Waals surface area contributed by atoms with E-state index in [0.29, 0.717) is 30.3 Å². The summed E-state index contributed by atoms with van der Waals surface area (Å²) in [6.45, 7) is 4.21. The van der Waals surface area contributed by atoms with E-state index in [-0.39, 0.29) is 35.1 Å². The summed E-state index contributed by atoms with van der Waals surface area (Å²) in [5.74, 6) is -0.336. The molecule has 1 aromatic carbocycles. The second-order valence-corrected chi connectivity index (χ2v) is 9.88. The minimum atomic E-state index is -0.594. The fraction of sp³-hybridized carbons (Fsp3) is 0.636. The number of hydrogen-bond donors (Lipinski definition) is 1. The minimum absolute atomic E-state index is 0.114. The van der Waals surface area contributed by atoms with Crippen LogP contribution in [0.4, 0.5) is 4.39 Å². The molecule has 3 unspecified atom stereocenters. The predicted octanol–water partition coefficient (Wildman–Crippen LogP) is 3.50. The molecule has 2 aliphatic carbocycles. The lowest BCUT2D eigenvalue weighted by Crippen LogP contribution is -2.68. The van der Waals surface area contributed by atoms with Crippen molar-refractivity contribution in [2.24, 2.45) is 12.5 Å². The van der Waals surface area contributed by atoms with E-state index in [0.717, 1.165) is 24.8 Å². The van der Waals surface area contributed by atoms with Gasteiger partial charge in [0.2, 0.25) is 5.91 Å². The number of aryl methyl sites for hydroxylation is 1. The second kappa shape index (κ2) is 5.78. The van der Waals surface area contributed by atoms with Crippen LogP contribution in [-0.2, 0) is 11.8 Å². The minimum Gasteiger partial charge on any atom is -0.390 e. The Balaban J connectivity index is 1.40. The van der Waals surface area contributed by atoms with E-state index >= 15 is 0 Å². The molecule has 2 aliphatic heterocycles. The van der Waals surface area contributed by atoms with Crippen LogP contribution in [0.25, 0.3) is 10.9 Å². The van der Waals surface area contributed by atoms with Gasteiger partial charge in [-0.1, -0.05) is 19.9 Å². The molecule has 0 spiro atoms. The summed E-state index contributed by atoms with van der Waals surface area (Å²) in [5.41, 5.74) is 0.964. The van der Waals surface area contributed by atoms with Crippen molar-refractivity contribution in [1.29, 1.82) is 0 Å². The lowest BCUT2D eigenvalue weighted by molar-refractivity contribution is -0.193. The molecule has 1 aromatic heterocycles. The average molecular weight is 385 g/mol. The van der Waals surface area contributed by atoms with E-state index in [2.05, 4.69) is 12.0 Å². The van der Waals surface area contributed by atoms with Gasteiger partial charge in [-0.2, -0.15) is 5.10 Å². The summed E-state index contributed by atoms with van der Waals surface area (Å²) < 4.78 is 16.1. The van der Waals surface area contributed by atoms with Crippen LogP contribution in [-0.4, -0.2) is 43.4 Å². The predicted molar refractivity (Wildman–Crippen MR) is 104 cm³/mol. The molecule has 1 amide bonds. The van der Waals surface area contributed by atoms with Crippen molar-refractivity contribution in [3.05, 3.63) is 29.7 Å². The molecule has 0 radical (unpaired) electrons. The molecule has 6 heteroatoms. The molecule has 3 atom stereocenters. The zero-order valence-electron chi connectivity index (χ0n) is 16.8. The van der Waals surface area contributed by atoms with Crippen LogP contribution < -0.4 is 0 Å². The molecule has 3 heterocycles. The van der Waals surface area contributed by atoms with Crippen LogP contribution in [0.1, 0.15) is 64.0 Å². The molecular weight excluding hydrogens is 357 g/mol. The Bertz CT molecular complexity index is 932. The van der Waals surface area contributed by atoms with E-state index in [1.54, 1.807) is 10.7 Å². The summed E-state index contributed by atoms with van der Waals surface area (Å²) in [7, 11) is 1.81. The highest BCUT2D eigenvalue weighted by molar-refractivity contribution is 5.84. The number of carbonyl (C=O) groups excluding carboxylic acids is 1. The van der Waals surface area contributed by atoms with Crippen LogP contribution >= 0.6 is 0 Å². The van der Waals surface area contributed by atoms with Gasteiger partial charge >= 0.3 is 0 Å². The van der Waals surface area contributed by atoms with Crippen LogP contribution in [0.15, 0.2) is 18.2 Å². The van der Waals surface area contributed by atoms with Crippen molar-refractivity contribution in [1.82, 2.24) is 14.7 Å². The molecule has 4 aliphatic rings. The first-order valence-electron chi connectivity index (χ1n) is 10.3. The number of aliphatic hydroxyl groups is 1. The van der Waals surface area contributed by atoms with Crippen LogP contribution in [0.3, 0.4) is 0 Å². The maximum atomic E-state index is 14.5. The summed E-state index contributed by atoms with van der Waals surface area (Å²) in [5, 5.41) is 15.9. The lowest BCUT2D eigenvalue weighted by atomic mass is 9.54. The summed E-state index contributed by atoms with van der Waals surface area (Å²) in [4.78, 5) is 15.3. The number of aromatic nitrogens is 2. The van der Waals surface area contributed by atoms with Gasteiger partial charge in [-0.05, 0) is 49.7 Å². The van der Waals surface area contributed by atoms with Crippen molar-refractivity contribution in [2.45, 2.75) is 76.0 Å². The summed E-state index contributed by atoms with van der Waals surface area (Å²) in [6.07, 6.45) is 4.54. The smallest absolute Gasteiger partial charge is 0.223 e. The van der Waals surface area contributed by atoms with Gasteiger partial charge in [0, 0.05) is 31.5 Å².